The van der Waals surface area contributed by atoms with E-state index in [-0.39, 0.29) is 6.03 Å². The number of aryl methyl sites for hydroxylation is 1. The Morgan fingerprint density at radius 2 is 1.78 bits per heavy atom. The summed E-state index contributed by atoms with van der Waals surface area (Å²) >= 11 is 1.29. The molecule has 11 heteroatoms. The van der Waals surface area contributed by atoms with Crippen LogP contribution in [0.1, 0.15) is 35.4 Å². The predicted molar refractivity (Wildman–Crippen MR) is 131 cm³/mol. The molecule has 1 aliphatic rings. The van der Waals surface area contributed by atoms with Gasteiger partial charge in [-0.3, -0.25) is 4.90 Å². The number of aromatic nitrogens is 1. The molecule has 1 aliphatic heterocycles. The average molecular weight is 533 g/mol. The molecule has 0 bridgehead atoms. The zero-order chi connectivity index (χ0) is 27.1. The fourth-order valence-electron chi connectivity index (χ4n) is 4.00. The second kappa shape index (κ2) is 9.70. The van der Waals surface area contributed by atoms with Crippen molar-refractivity contribution < 1.29 is 32.6 Å². The van der Waals surface area contributed by atoms with Gasteiger partial charge in [-0.2, -0.15) is 13.2 Å². The van der Waals surface area contributed by atoms with Crippen LogP contribution < -0.4 is 14.7 Å². The molecule has 3 aromatic rings. The highest BCUT2D eigenvalue weighted by Crippen LogP contribution is 2.35. The van der Waals surface area contributed by atoms with Gasteiger partial charge in [-0.1, -0.05) is 18.2 Å². The lowest BCUT2D eigenvalue weighted by molar-refractivity contribution is -0.320. The first-order valence-corrected chi connectivity index (χ1v) is 12.3. The number of halogens is 3. The Balaban J connectivity index is 1.47. The van der Waals surface area contributed by atoms with Gasteiger partial charge in [-0.15, -0.1) is 11.3 Å². The first-order valence-electron chi connectivity index (χ1n) is 11.5. The minimum Gasteiger partial charge on any atom is -0.546 e. The molecule has 2 heterocycles. The maximum Gasteiger partial charge on any atom is 0.416 e. The third kappa shape index (κ3) is 5.56. The number of amides is 2. The van der Waals surface area contributed by atoms with Gasteiger partial charge in [0.25, 0.3) is 0 Å². The van der Waals surface area contributed by atoms with Gasteiger partial charge in [-0.25, -0.2) is 9.78 Å². The number of anilines is 1. The molecule has 0 radical (unpaired) electrons. The van der Waals surface area contributed by atoms with E-state index in [1.807, 2.05) is 13.0 Å². The smallest absolute Gasteiger partial charge is 0.416 e. The van der Waals surface area contributed by atoms with E-state index in [4.69, 9.17) is 4.74 Å². The Hall–Kier alpha value is -3.60. The zero-order valence-corrected chi connectivity index (χ0v) is 21.5. The maximum absolute atomic E-state index is 13.2. The van der Waals surface area contributed by atoms with Gasteiger partial charge in [0.2, 0.25) is 0 Å². The molecule has 0 aliphatic carbocycles. The third-order valence-corrected chi connectivity index (χ3v) is 7.22. The molecular formula is C26H25F3N3O4S-. The van der Waals surface area contributed by atoms with E-state index >= 15 is 0 Å². The Labute approximate surface area is 216 Å². The van der Waals surface area contributed by atoms with Crippen molar-refractivity contribution in [3.8, 4) is 17.0 Å². The highest BCUT2D eigenvalue weighted by Gasteiger charge is 2.31. The highest BCUT2D eigenvalue weighted by atomic mass is 32.1. The van der Waals surface area contributed by atoms with Crippen LogP contribution in [0, 0.1) is 6.92 Å². The van der Waals surface area contributed by atoms with E-state index in [0.29, 0.717) is 41.6 Å². The Kier molecular flexibility index (Phi) is 6.93. The topological polar surface area (TPSA) is 85.8 Å². The molecule has 196 valence electrons. The van der Waals surface area contributed by atoms with Crippen LogP contribution in [0.4, 0.5) is 23.1 Å². The zero-order valence-electron chi connectivity index (χ0n) is 20.7. The van der Waals surface area contributed by atoms with Gasteiger partial charge >= 0.3 is 12.2 Å². The van der Waals surface area contributed by atoms with Crippen molar-refractivity contribution in [2.24, 2.45) is 0 Å². The summed E-state index contributed by atoms with van der Waals surface area (Å²) in [7, 11) is 1.62. The number of carbonyl (C=O) groups is 2. The van der Waals surface area contributed by atoms with E-state index in [0.717, 1.165) is 28.1 Å². The van der Waals surface area contributed by atoms with E-state index in [9.17, 15) is 27.9 Å². The van der Waals surface area contributed by atoms with Crippen LogP contribution in [-0.2, 0) is 23.9 Å². The number of hydrogen-bond donors (Lipinski definition) is 0. The molecule has 0 saturated carbocycles. The van der Waals surface area contributed by atoms with Crippen molar-refractivity contribution in [1.82, 2.24) is 9.88 Å². The minimum absolute atomic E-state index is 0.253. The Morgan fingerprint density at radius 1 is 1.11 bits per heavy atom. The van der Waals surface area contributed by atoms with Crippen LogP contribution in [-0.4, -0.2) is 41.1 Å². The quantitative estimate of drug-likeness (QED) is 0.477. The SMILES string of the molecule is Cc1sc(N(C)C(=O)N2CCc3cc(OC(C)(C)C(=O)[O-])ccc3C2)nc1-c1ccc(C(F)(F)F)cc1. The number of thiazole rings is 1. The Morgan fingerprint density at radius 3 is 2.41 bits per heavy atom. The molecule has 0 saturated heterocycles. The van der Waals surface area contributed by atoms with E-state index < -0.39 is 23.3 Å². The fourth-order valence-corrected chi connectivity index (χ4v) is 4.88. The number of carbonyl (C=O) groups excluding carboxylic acids is 2. The summed E-state index contributed by atoms with van der Waals surface area (Å²) in [5.41, 5.74) is 0.757. The summed E-state index contributed by atoms with van der Waals surface area (Å²) < 4.78 is 44.2. The summed E-state index contributed by atoms with van der Waals surface area (Å²) in [4.78, 5) is 32.9. The number of benzene rings is 2. The maximum atomic E-state index is 13.2. The van der Waals surface area contributed by atoms with Crippen molar-refractivity contribution >= 4 is 28.5 Å². The monoisotopic (exact) mass is 532 g/mol. The van der Waals surface area contributed by atoms with Crippen LogP contribution in [0.2, 0.25) is 0 Å². The lowest BCUT2D eigenvalue weighted by Gasteiger charge is -2.32. The number of carboxylic acids is 1. The molecule has 0 unspecified atom stereocenters. The molecule has 0 N–H and O–H groups in total. The molecule has 0 spiro atoms. The number of rotatable bonds is 5. The van der Waals surface area contributed by atoms with Crippen molar-refractivity contribution in [3.63, 3.8) is 0 Å². The number of carboxylic acid groups (broad SMARTS) is 1. The lowest BCUT2D eigenvalue weighted by atomic mass is 9.99. The number of nitrogens with zero attached hydrogens (tertiary/aromatic N) is 3. The normalized spacial score (nSPS) is 13.8. The van der Waals surface area contributed by atoms with E-state index in [1.54, 1.807) is 24.1 Å². The Bertz CT molecular complexity index is 1340. The van der Waals surface area contributed by atoms with Gasteiger partial charge in [0.15, 0.2) is 5.13 Å². The van der Waals surface area contributed by atoms with Gasteiger partial charge in [0.1, 0.15) is 11.4 Å². The van der Waals surface area contributed by atoms with Crippen molar-refractivity contribution in [1.29, 1.82) is 0 Å². The lowest BCUT2D eigenvalue weighted by Crippen LogP contribution is -2.48. The second-order valence-corrected chi connectivity index (χ2v) is 10.5. The first kappa shape index (κ1) is 26.5. The molecule has 7 nitrogen and oxygen atoms in total. The van der Waals surface area contributed by atoms with E-state index in [2.05, 4.69) is 4.98 Å². The second-order valence-electron chi connectivity index (χ2n) is 9.32. The molecule has 4 rings (SSSR count). The van der Waals surface area contributed by atoms with Crippen LogP contribution in [0.5, 0.6) is 5.75 Å². The molecule has 2 aromatic carbocycles. The fraction of sp³-hybridized carbons (Fsp3) is 0.346. The molecule has 37 heavy (non-hydrogen) atoms. The highest BCUT2D eigenvalue weighted by molar-refractivity contribution is 7.16. The van der Waals surface area contributed by atoms with Crippen LogP contribution >= 0.6 is 11.3 Å². The molecule has 2 amide bonds. The van der Waals surface area contributed by atoms with Gasteiger partial charge in [-0.05, 0) is 62.6 Å². The van der Waals surface area contributed by atoms with Gasteiger partial charge in [0.05, 0.1) is 17.2 Å². The number of alkyl halides is 3. The summed E-state index contributed by atoms with van der Waals surface area (Å²) in [5.74, 6) is -0.900. The third-order valence-electron chi connectivity index (χ3n) is 6.17. The van der Waals surface area contributed by atoms with Crippen molar-refractivity contribution in [2.75, 3.05) is 18.5 Å². The number of ether oxygens (including phenoxy) is 1. The first-order chi connectivity index (χ1) is 17.3. The minimum atomic E-state index is -4.42. The molecule has 0 atom stereocenters. The average Bonchev–Trinajstić information content (AvgIpc) is 3.23. The van der Waals surface area contributed by atoms with Gasteiger partial charge < -0.3 is 19.5 Å². The van der Waals surface area contributed by atoms with Crippen molar-refractivity contribution in [3.05, 3.63) is 64.0 Å². The summed E-state index contributed by atoms with van der Waals surface area (Å²) in [6, 6.07) is 9.80. The standard InChI is InChI=1S/C26H26F3N3O4S/c1-15-21(16-5-8-19(9-6-16)26(27,28)29)30-23(37-15)31(4)24(35)32-12-11-17-13-20(10-7-18(17)14-32)36-25(2,3)22(33)34/h5-10,13H,11-12,14H2,1-4H3,(H,33,34)/p-1. The summed E-state index contributed by atoms with van der Waals surface area (Å²) in [6.07, 6.45) is -3.85. The van der Waals surface area contributed by atoms with Gasteiger partial charge in [0, 0.05) is 30.6 Å². The largest absolute Gasteiger partial charge is 0.546 e. The molecule has 1 aromatic heterocycles. The van der Waals surface area contributed by atoms with Crippen LogP contribution in [0.3, 0.4) is 0 Å². The number of urea groups is 1. The summed E-state index contributed by atoms with van der Waals surface area (Å²) in [5, 5.41) is 11.7. The molecule has 0 fully saturated rings. The number of hydrogen-bond acceptors (Lipinski definition) is 6. The molecular weight excluding hydrogens is 507 g/mol. The number of fused-ring (bicyclic) bond motifs is 1. The van der Waals surface area contributed by atoms with Crippen LogP contribution in [0.15, 0.2) is 42.5 Å². The predicted octanol–water partition coefficient (Wildman–Crippen LogP) is 4.66. The van der Waals surface area contributed by atoms with Crippen molar-refractivity contribution in [2.45, 2.75) is 45.5 Å². The number of aliphatic carboxylic acids is 1. The van der Waals surface area contributed by atoms with E-state index in [1.165, 1.54) is 42.2 Å². The van der Waals surface area contributed by atoms with Crippen LogP contribution in [0.25, 0.3) is 11.3 Å². The summed E-state index contributed by atoms with van der Waals surface area (Å²) in [6.45, 7) is 5.45.